The van der Waals surface area contributed by atoms with Crippen LogP contribution in [0.2, 0.25) is 0 Å². The molecule has 1 amide bonds. The standard InChI is InChI=1S/C24H21NO6/c1-29-17-9-5-15(6-10-17)21-20(22(26)16-7-11-18(30-2)12-8-16)23(27)24(28)25(21)14-19-4-3-13-31-19/h3-13,21,26H,14H2,1-2H3/b22-20+/t21-/m1/s1. The molecule has 4 rings (SSSR count). The van der Waals surface area contributed by atoms with Crippen molar-refractivity contribution in [3.8, 4) is 11.5 Å². The summed E-state index contributed by atoms with van der Waals surface area (Å²) in [5, 5.41) is 11.0. The van der Waals surface area contributed by atoms with Gasteiger partial charge in [-0.15, -0.1) is 0 Å². The molecule has 1 aliphatic heterocycles. The maximum absolute atomic E-state index is 13.0. The van der Waals surface area contributed by atoms with E-state index in [2.05, 4.69) is 0 Å². The van der Waals surface area contributed by atoms with Gasteiger partial charge in [0.1, 0.15) is 23.0 Å². The van der Waals surface area contributed by atoms with Gasteiger partial charge >= 0.3 is 0 Å². The van der Waals surface area contributed by atoms with E-state index in [-0.39, 0.29) is 17.9 Å². The van der Waals surface area contributed by atoms with Crippen LogP contribution in [0.3, 0.4) is 0 Å². The molecule has 0 saturated carbocycles. The molecule has 3 aromatic rings. The van der Waals surface area contributed by atoms with E-state index < -0.39 is 17.7 Å². The normalized spacial score (nSPS) is 17.7. The molecule has 0 spiro atoms. The first-order valence-electron chi connectivity index (χ1n) is 9.62. The minimum absolute atomic E-state index is 0.0203. The molecule has 31 heavy (non-hydrogen) atoms. The average Bonchev–Trinajstić information content (AvgIpc) is 3.41. The van der Waals surface area contributed by atoms with Crippen molar-refractivity contribution < 1.29 is 28.6 Å². The highest BCUT2D eigenvalue weighted by Crippen LogP contribution is 2.40. The summed E-state index contributed by atoms with van der Waals surface area (Å²) in [6, 6.07) is 16.3. The summed E-state index contributed by atoms with van der Waals surface area (Å²) in [7, 11) is 3.10. The number of nitrogens with zero attached hydrogens (tertiary/aromatic N) is 1. The molecule has 1 saturated heterocycles. The number of ketones is 1. The molecule has 1 aromatic heterocycles. The fourth-order valence-corrected chi connectivity index (χ4v) is 3.65. The Balaban J connectivity index is 1.83. The number of Topliss-reactive ketones (excluding diaryl/α,β-unsaturated/α-hetero) is 1. The molecule has 1 fully saturated rings. The first-order chi connectivity index (χ1) is 15.0. The second-order valence-corrected chi connectivity index (χ2v) is 7.01. The van der Waals surface area contributed by atoms with Crippen molar-refractivity contribution in [2.75, 3.05) is 14.2 Å². The molecule has 0 bridgehead atoms. The van der Waals surface area contributed by atoms with Gasteiger partial charge in [0.25, 0.3) is 11.7 Å². The SMILES string of the molecule is COc1ccc(/C(O)=C2\C(=O)C(=O)N(Cc3ccco3)[C@@H]2c2ccc(OC)cc2)cc1. The smallest absolute Gasteiger partial charge is 0.296 e. The van der Waals surface area contributed by atoms with Crippen molar-refractivity contribution >= 4 is 17.4 Å². The van der Waals surface area contributed by atoms with Gasteiger partial charge in [-0.1, -0.05) is 12.1 Å². The second kappa shape index (κ2) is 8.39. The molecule has 1 N–H and O–H groups in total. The van der Waals surface area contributed by atoms with Crippen LogP contribution in [0.25, 0.3) is 5.76 Å². The van der Waals surface area contributed by atoms with Crippen molar-refractivity contribution in [2.45, 2.75) is 12.6 Å². The van der Waals surface area contributed by atoms with Crippen molar-refractivity contribution in [3.05, 3.63) is 89.4 Å². The van der Waals surface area contributed by atoms with Crippen molar-refractivity contribution in [1.29, 1.82) is 0 Å². The quantitative estimate of drug-likeness (QED) is 0.370. The summed E-state index contributed by atoms with van der Waals surface area (Å²) in [4.78, 5) is 27.3. The number of furan rings is 1. The average molecular weight is 419 g/mol. The maximum Gasteiger partial charge on any atom is 0.296 e. The maximum atomic E-state index is 13.0. The van der Waals surface area contributed by atoms with Gasteiger partial charge in [0.05, 0.1) is 38.6 Å². The van der Waals surface area contributed by atoms with Gasteiger partial charge in [-0.2, -0.15) is 0 Å². The van der Waals surface area contributed by atoms with E-state index in [1.807, 2.05) is 0 Å². The Labute approximate surface area is 179 Å². The number of aliphatic hydroxyl groups excluding tert-OH is 1. The predicted octanol–water partition coefficient (Wildman–Crippen LogP) is 3.92. The van der Waals surface area contributed by atoms with Crippen molar-refractivity contribution in [1.82, 2.24) is 4.90 Å². The lowest BCUT2D eigenvalue weighted by atomic mass is 9.95. The van der Waals surface area contributed by atoms with Crippen LogP contribution < -0.4 is 9.47 Å². The minimum Gasteiger partial charge on any atom is -0.507 e. The predicted molar refractivity (Wildman–Crippen MR) is 113 cm³/mol. The molecule has 1 atom stereocenters. The van der Waals surface area contributed by atoms with E-state index in [0.29, 0.717) is 28.4 Å². The molecule has 7 heteroatoms. The Morgan fingerprint density at radius 2 is 1.58 bits per heavy atom. The number of ether oxygens (including phenoxy) is 2. The number of amides is 1. The van der Waals surface area contributed by atoms with Crippen LogP contribution in [0.4, 0.5) is 0 Å². The van der Waals surface area contributed by atoms with Gasteiger partial charge in [-0.25, -0.2) is 0 Å². The molecule has 2 aromatic carbocycles. The van der Waals surface area contributed by atoms with Gasteiger partial charge in [0.15, 0.2) is 0 Å². The lowest BCUT2D eigenvalue weighted by molar-refractivity contribution is -0.140. The van der Waals surface area contributed by atoms with Crippen LogP contribution in [0.5, 0.6) is 11.5 Å². The Bertz CT molecular complexity index is 1110. The Kier molecular flexibility index (Phi) is 5.49. The third-order valence-corrected chi connectivity index (χ3v) is 5.24. The van der Waals surface area contributed by atoms with E-state index in [9.17, 15) is 14.7 Å². The van der Waals surface area contributed by atoms with E-state index in [4.69, 9.17) is 13.9 Å². The number of methoxy groups -OCH3 is 2. The summed E-state index contributed by atoms with van der Waals surface area (Å²) in [5.74, 6) is 0.0880. The number of hydrogen-bond acceptors (Lipinski definition) is 6. The lowest BCUT2D eigenvalue weighted by Crippen LogP contribution is -2.29. The lowest BCUT2D eigenvalue weighted by Gasteiger charge is -2.24. The monoisotopic (exact) mass is 419 g/mol. The summed E-state index contributed by atoms with van der Waals surface area (Å²) in [5.41, 5.74) is 1.10. The van der Waals surface area contributed by atoms with Gasteiger partial charge in [0, 0.05) is 5.56 Å². The zero-order valence-corrected chi connectivity index (χ0v) is 17.1. The highest BCUT2D eigenvalue weighted by molar-refractivity contribution is 6.46. The Morgan fingerprint density at radius 1 is 0.968 bits per heavy atom. The molecular weight excluding hydrogens is 398 g/mol. The fourth-order valence-electron chi connectivity index (χ4n) is 3.65. The summed E-state index contributed by atoms with van der Waals surface area (Å²) in [6.07, 6.45) is 1.51. The first kappa shape index (κ1) is 20.3. The van der Waals surface area contributed by atoms with Crippen LogP contribution in [-0.4, -0.2) is 35.9 Å². The van der Waals surface area contributed by atoms with Gasteiger partial charge in [0.2, 0.25) is 0 Å². The largest absolute Gasteiger partial charge is 0.507 e. The molecular formula is C24H21NO6. The molecule has 0 unspecified atom stereocenters. The number of hydrogen-bond donors (Lipinski definition) is 1. The van der Waals surface area contributed by atoms with Crippen LogP contribution in [0.15, 0.2) is 76.9 Å². The number of likely N-dealkylation sites (tertiary alicyclic amines) is 1. The Morgan fingerprint density at radius 3 is 2.13 bits per heavy atom. The number of benzene rings is 2. The highest BCUT2D eigenvalue weighted by atomic mass is 16.5. The third-order valence-electron chi connectivity index (χ3n) is 5.24. The van der Waals surface area contributed by atoms with Gasteiger partial charge < -0.3 is 23.9 Å². The van der Waals surface area contributed by atoms with Gasteiger partial charge in [-0.3, -0.25) is 9.59 Å². The molecule has 158 valence electrons. The van der Waals surface area contributed by atoms with Crippen LogP contribution >= 0.6 is 0 Å². The zero-order valence-electron chi connectivity index (χ0n) is 17.1. The van der Waals surface area contributed by atoms with Gasteiger partial charge in [-0.05, 0) is 54.1 Å². The number of carbonyl (C=O) groups excluding carboxylic acids is 2. The first-order valence-corrected chi connectivity index (χ1v) is 9.62. The van der Waals surface area contributed by atoms with Crippen LogP contribution in [-0.2, 0) is 16.1 Å². The highest BCUT2D eigenvalue weighted by Gasteiger charge is 2.46. The molecule has 7 nitrogen and oxygen atoms in total. The Hall–Kier alpha value is -4.00. The molecule has 1 aliphatic rings. The van der Waals surface area contributed by atoms with E-state index in [0.717, 1.165) is 0 Å². The second-order valence-electron chi connectivity index (χ2n) is 7.01. The van der Waals surface area contributed by atoms with Crippen LogP contribution in [0, 0.1) is 0 Å². The topological polar surface area (TPSA) is 89.2 Å². The van der Waals surface area contributed by atoms with Crippen LogP contribution in [0.1, 0.15) is 22.9 Å². The summed E-state index contributed by atoms with van der Waals surface area (Å²) in [6.45, 7) is 0.0909. The number of carbonyl (C=O) groups is 2. The summed E-state index contributed by atoms with van der Waals surface area (Å²) < 4.78 is 15.8. The third kappa shape index (κ3) is 3.77. The van der Waals surface area contributed by atoms with E-state index in [1.54, 1.807) is 74.9 Å². The summed E-state index contributed by atoms with van der Waals surface area (Å²) >= 11 is 0. The fraction of sp³-hybridized carbons (Fsp3) is 0.167. The molecule has 0 aliphatic carbocycles. The molecule has 2 heterocycles. The number of rotatable bonds is 6. The van der Waals surface area contributed by atoms with Crippen molar-refractivity contribution in [2.24, 2.45) is 0 Å². The van der Waals surface area contributed by atoms with E-state index in [1.165, 1.54) is 11.2 Å². The van der Waals surface area contributed by atoms with E-state index >= 15 is 0 Å². The zero-order chi connectivity index (χ0) is 22.0. The number of aliphatic hydroxyl groups is 1. The van der Waals surface area contributed by atoms with Crippen molar-refractivity contribution in [3.63, 3.8) is 0 Å². The molecule has 0 radical (unpaired) electrons. The minimum atomic E-state index is -0.780.